The molecule has 3 heteroatoms. The minimum Gasteiger partial charge on any atom is -0.342 e. The van der Waals surface area contributed by atoms with Crippen molar-refractivity contribution in [2.75, 3.05) is 13.1 Å². The summed E-state index contributed by atoms with van der Waals surface area (Å²) >= 11 is 0. The first-order valence-corrected chi connectivity index (χ1v) is 8.29. The van der Waals surface area contributed by atoms with Gasteiger partial charge in [-0.25, -0.2) is 0 Å². The highest BCUT2D eigenvalue weighted by Gasteiger charge is 2.35. The molecule has 3 nitrogen and oxygen atoms in total. The molecule has 0 aromatic carbocycles. The van der Waals surface area contributed by atoms with Crippen molar-refractivity contribution in [2.45, 2.75) is 70.4 Å². The topological polar surface area (TPSA) is 32.3 Å². The summed E-state index contributed by atoms with van der Waals surface area (Å²) in [4.78, 5) is 14.1. The van der Waals surface area contributed by atoms with E-state index >= 15 is 0 Å². The van der Waals surface area contributed by atoms with Crippen LogP contribution in [0.3, 0.4) is 0 Å². The van der Waals surface area contributed by atoms with Crippen LogP contribution in [0.2, 0.25) is 0 Å². The maximum absolute atomic E-state index is 12.0. The molecule has 3 fully saturated rings. The molecule has 0 aromatic rings. The zero-order valence-electron chi connectivity index (χ0n) is 12.2. The first-order valence-electron chi connectivity index (χ1n) is 8.29. The fourth-order valence-electron chi connectivity index (χ4n) is 3.72. The lowest BCUT2D eigenvalue weighted by molar-refractivity contribution is -0.133. The van der Waals surface area contributed by atoms with Crippen LogP contribution in [0.5, 0.6) is 0 Å². The van der Waals surface area contributed by atoms with E-state index in [9.17, 15) is 4.79 Å². The van der Waals surface area contributed by atoms with Crippen LogP contribution in [0.25, 0.3) is 0 Å². The van der Waals surface area contributed by atoms with E-state index in [0.717, 1.165) is 50.7 Å². The highest BCUT2D eigenvalue weighted by molar-refractivity contribution is 5.81. The predicted octanol–water partition coefficient (Wildman–Crippen LogP) is 2.56. The van der Waals surface area contributed by atoms with E-state index in [-0.39, 0.29) is 0 Å². The third-order valence-electron chi connectivity index (χ3n) is 5.29. The molecule has 1 heterocycles. The summed E-state index contributed by atoms with van der Waals surface area (Å²) in [5.41, 5.74) is 0. The first kappa shape index (κ1) is 13.4. The van der Waals surface area contributed by atoms with Gasteiger partial charge in [-0.15, -0.1) is 0 Å². The Labute approximate surface area is 117 Å². The van der Waals surface area contributed by atoms with Crippen molar-refractivity contribution in [3.05, 3.63) is 0 Å². The molecular formula is C16H28N2O. The minimum absolute atomic E-state index is 0.392. The van der Waals surface area contributed by atoms with Gasteiger partial charge >= 0.3 is 0 Å². The molecule has 1 saturated heterocycles. The van der Waals surface area contributed by atoms with Crippen molar-refractivity contribution >= 4 is 5.91 Å². The Morgan fingerprint density at radius 3 is 2.32 bits per heavy atom. The molecule has 0 bridgehead atoms. The minimum atomic E-state index is 0.392. The van der Waals surface area contributed by atoms with Gasteiger partial charge in [-0.2, -0.15) is 0 Å². The maximum atomic E-state index is 12.0. The van der Waals surface area contributed by atoms with E-state index in [2.05, 4.69) is 17.1 Å². The highest BCUT2D eigenvalue weighted by atomic mass is 16.2. The van der Waals surface area contributed by atoms with E-state index < -0.39 is 0 Å². The molecule has 0 aromatic heterocycles. The smallest absolute Gasteiger partial charge is 0.225 e. The predicted molar refractivity (Wildman–Crippen MR) is 76.9 cm³/mol. The van der Waals surface area contributed by atoms with E-state index in [4.69, 9.17) is 0 Å². The lowest BCUT2D eigenvalue weighted by Crippen LogP contribution is -2.50. The summed E-state index contributed by atoms with van der Waals surface area (Å²) in [5.74, 6) is 1.66. The van der Waals surface area contributed by atoms with Crippen LogP contribution in [-0.4, -0.2) is 36.0 Å². The molecule has 2 unspecified atom stereocenters. The SMILES string of the molecule is CC1CCCCC1NC1CCN(C(=O)C2CC2)CC1. The van der Waals surface area contributed by atoms with E-state index in [1.54, 1.807) is 0 Å². The number of hydrogen-bond acceptors (Lipinski definition) is 2. The summed E-state index contributed by atoms with van der Waals surface area (Å²) < 4.78 is 0. The van der Waals surface area contributed by atoms with Crippen molar-refractivity contribution in [3.8, 4) is 0 Å². The van der Waals surface area contributed by atoms with Gasteiger partial charge in [0.05, 0.1) is 0 Å². The van der Waals surface area contributed by atoms with Crippen LogP contribution in [0.1, 0.15) is 58.3 Å². The second-order valence-electron chi connectivity index (χ2n) is 6.91. The Bertz CT molecular complexity index is 319. The van der Waals surface area contributed by atoms with Crippen molar-refractivity contribution in [3.63, 3.8) is 0 Å². The fourth-order valence-corrected chi connectivity index (χ4v) is 3.72. The molecule has 19 heavy (non-hydrogen) atoms. The van der Waals surface area contributed by atoms with Crippen molar-refractivity contribution in [1.29, 1.82) is 0 Å². The van der Waals surface area contributed by atoms with Gasteiger partial charge in [-0.1, -0.05) is 19.8 Å². The molecular weight excluding hydrogens is 236 g/mol. The molecule has 3 rings (SSSR count). The average molecular weight is 264 g/mol. The van der Waals surface area contributed by atoms with Gasteiger partial charge in [0.2, 0.25) is 5.91 Å². The summed E-state index contributed by atoms with van der Waals surface area (Å²) in [6.07, 6.45) is 10.1. The summed E-state index contributed by atoms with van der Waals surface area (Å²) in [6.45, 7) is 4.35. The number of hydrogen-bond donors (Lipinski definition) is 1. The van der Waals surface area contributed by atoms with E-state index in [0.29, 0.717) is 17.9 Å². The number of carbonyl (C=O) groups is 1. The van der Waals surface area contributed by atoms with E-state index in [1.165, 1.54) is 25.7 Å². The molecule has 2 saturated carbocycles. The van der Waals surface area contributed by atoms with Crippen LogP contribution in [0.4, 0.5) is 0 Å². The standard InChI is InChI=1S/C16H28N2O/c1-12-4-2-3-5-15(12)17-14-8-10-18(11-9-14)16(19)13-6-7-13/h12-15,17H,2-11H2,1H3. The quantitative estimate of drug-likeness (QED) is 0.849. The Balaban J connectivity index is 1.43. The first-order chi connectivity index (χ1) is 9.24. The lowest BCUT2D eigenvalue weighted by atomic mass is 9.85. The zero-order valence-corrected chi connectivity index (χ0v) is 12.2. The number of nitrogens with one attached hydrogen (secondary N) is 1. The van der Waals surface area contributed by atoms with Crippen LogP contribution < -0.4 is 5.32 Å². The lowest BCUT2D eigenvalue weighted by Gasteiger charge is -2.37. The molecule has 108 valence electrons. The average Bonchev–Trinajstić information content (AvgIpc) is 3.26. The number of carbonyl (C=O) groups excluding carboxylic acids is 1. The van der Waals surface area contributed by atoms with Gasteiger partial charge in [-0.3, -0.25) is 4.79 Å². The normalized spacial score (nSPS) is 33.4. The molecule has 1 N–H and O–H groups in total. The number of amides is 1. The second kappa shape index (κ2) is 5.82. The van der Waals surface area contributed by atoms with Gasteiger partial charge in [0, 0.05) is 31.1 Å². The Kier molecular flexibility index (Phi) is 4.11. The molecule has 2 atom stereocenters. The van der Waals surface area contributed by atoms with Gasteiger partial charge in [0.25, 0.3) is 0 Å². The summed E-state index contributed by atoms with van der Waals surface area (Å²) in [6, 6.07) is 1.37. The number of nitrogens with zero attached hydrogens (tertiary/aromatic N) is 1. The molecule has 2 aliphatic carbocycles. The van der Waals surface area contributed by atoms with E-state index in [1.807, 2.05) is 0 Å². The highest BCUT2D eigenvalue weighted by Crippen LogP contribution is 2.32. The van der Waals surface area contributed by atoms with Gasteiger partial charge < -0.3 is 10.2 Å². The van der Waals surface area contributed by atoms with Gasteiger partial charge in [0.1, 0.15) is 0 Å². The van der Waals surface area contributed by atoms with Crippen LogP contribution in [0, 0.1) is 11.8 Å². The maximum Gasteiger partial charge on any atom is 0.225 e. The van der Waals surface area contributed by atoms with Gasteiger partial charge in [0.15, 0.2) is 0 Å². The Hall–Kier alpha value is -0.570. The third kappa shape index (κ3) is 3.31. The Morgan fingerprint density at radius 2 is 1.68 bits per heavy atom. The summed E-state index contributed by atoms with van der Waals surface area (Å²) in [5, 5.41) is 3.87. The largest absolute Gasteiger partial charge is 0.342 e. The molecule has 3 aliphatic rings. The third-order valence-corrected chi connectivity index (χ3v) is 5.29. The molecule has 0 radical (unpaired) electrons. The molecule has 1 amide bonds. The van der Waals surface area contributed by atoms with Crippen molar-refractivity contribution in [1.82, 2.24) is 10.2 Å². The Morgan fingerprint density at radius 1 is 1.00 bits per heavy atom. The monoisotopic (exact) mass is 264 g/mol. The molecule has 1 aliphatic heterocycles. The van der Waals surface area contributed by atoms with Crippen LogP contribution in [0.15, 0.2) is 0 Å². The van der Waals surface area contributed by atoms with Crippen molar-refractivity contribution in [2.24, 2.45) is 11.8 Å². The van der Waals surface area contributed by atoms with Crippen LogP contribution >= 0.6 is 0 Å². The number of piperidine rings is 1. The summed E-state index contributed by atoms with van der Waals surface area (Å²) in [7, 11) is 0. The van der Waals surface area contributed by atoms with Crippen LogP contribution in [-0.2, 0) is 4.79 Å². The van der Waals surface area contributed by atoms with Crippen molar-refractivity contribution < 1.29 is 4.79 Å². The van der Waals surface area contributed by atoms with Gasteiger partial charge in [-0.05, 0) is 44.4 Å². The zero-order chi connectivity index (χ0) is 13.2. The fraction of sp³-hybridized carbons (Fsp3) is 0.938. The second-order valence-corrected chi connectivity index (χ2v) is 6.91. The molecule has 0 spiro atoms. The number of likely N-dealkylation sites (tertiary alicyclic amines) is 1. The number of rotatable bonds is 3.